The fraction of sp³-hybridized carbons (Fsp3) is 0.500. The van der Waals surface area contributed by atoms with E-state index in [1.165, 1.54) is 0 Å². The third-order valence-electron chi connectivity index (χ3n) is 3.23. The molecule has 8 heteroatoms. The number of furan rings is 1. The summed E-state index contributed by atoms with van der Waals surface area (Å²) >= 11 is 0. The number of nitrogens with one attached hydrogen (secondary N) is 2. The van der Waals surface area contributed by atoms with Gasteiger partial charge in [0.2, 0.25) is 0 Å². The number of aromatic nitrogens is 3. The van der Waals surface area contributed by atoms with Gasteiger partial charge in [0, 0.05) is 12.6 Å². The van der Waals surface area contributed by atoms with Crippen molar-refractivity contribution < 1.29 is 9.21 Å². The summed E-state index contributed by atoms with van der Waals surface area (Å²) in [7, 11) is 3.86. The predicted molar refractivity (Wildman–Crippen MR) is 82.6 cm³/mol. The second-order valence-corrected chi connectivity index (χ2v) is 5.51. The van der Waals surface area contributed by atoms with Gasteiger partial charge in [-0.15, -0.1) is 5.10 Å². The van der Waals surface area contributed by atoms with Gasteiger partial charge in [-0.2, -0.15) is 0 Å². The summed E-state index contributed by atoms with van der Waals surface area (Å²) in [5.74, 6) is 1.22. The molecule has 0 aliphatic heterocycles. The van der Waals surface area contributed by atoms with E-state index >= 15 is 0 Å². The Balaban J connectivity index is 1.88. The number of rotatable bonds is 6. The molecule has 120 valence electrons. The van der Waals surface area contributed by atoms with E-state index in [0.717, 1.165) is 5.76 Å². The standard InChI is InChI=1S/C14H22N6O2/c1-10(2)20-9-13(17-18-20)16-14(21)15-8-11(19(3)4)12-6-5-7-22-12/h5-7,9-11H,8H2,1-4H3,(H2,15,16,21)/t11-/m1/s1. The van der Waals surface area contributed by atoms with E-state index in [-0.39, 0.29) is 18.1 Å². The Kier molecular flexibility index (Phi) is 5.16. The van der Waals surface area contributed by atoms with Crippen LogP contribution in [0, 0.1) is 0 Å². The Morgan fingerprint density at radius 1 is 1.45 bits per heavy atom. The number of carbonyl (C=O) groups is 1. The molecule has 2 N–H and O–H groups in total. The van der Waals surface area contributed by atoms with Crippen LogP contribution < -0.4 is 10.6 Å². The molecule has 8 nitrogen and oxygen atoms in total. The van der Waals surface area contributed by atoms with Gasteiger partial charge in [0.15, 0.2) is 5.82 Å². The lowest BCUT2D eigenvalue weighted by atomic mass is 10.2. The molecule has 2 heterocycles. The van der Waals surface area contributed by atoms with Crippen LogP contribution in [0.4, 0.5) is 10.6 Å². The van der Waals surface area contributed by atoms with Crippen LogP contribution in [0.3, 0.4) is 0 Å². The van der Waals surface area contributed by atoms with E-state index in [1.807, 2.05) is 45.0 Å². The average molecular weight is 306 g/mol. The van der Waals surface area contributed by atoms with Crippen molar-refractivity contribution in [2.75, 3.05) is 26.0 Å². The highest BCUT2D eigenvalue weighted by atomic mass is 16.3. The molecule has 0 radical (unpaired) electrons. The van der Waals surface area contributed by atoms with Crippen LogP contribution in [0.25, 0.3) is 0 Å². The molecule has 2 rings (SSSR count). The minimum absolute atomic E-state index is 0.0351. The zero-order valence-electron chi connectivity index (χ0n) is 13.3. The third-order valence-corrected chi connectivity index (χ3v) is 3.23. The van der Waals surface area contributed by atoms with Gasteiger partial charge >= 0.3 is 6.03 Å². The first kappa shape index (κ1) is 16.0. The SMILES string of the molecule is CC(C)n1cc(NC(=O)NC[C@H](c2ccco2)N(C)C)nn1. The van der Waals surface area contributed by atoms with E-state index in [1.54, 1.807) is 17.1 Å². The van der Waals surface area contributed by atoms with Crippen LogP contribution in [-0.2, 0) is 0 Å². The van der Waals surface area contributed by atoms with Crippen molar-refractivity contribution in [1.82, 2.24) is 25.2 Å². The highest BCUT2D eigenvalue weighted by Gasteiger charge is 2.18. The largest absolute Gasteiger partial charge is 0.468 e. The molecular weight excluding hydrogens is 284 g/mol. The van der Waals surface area contributed by atoms with Gasteiger partial charge in [0.1, 0.15) is 5.76 Å². The van der Waals surface area contributed by atoms with Gasteiger partial charge in [0.05, 0.1) is 18.5 Å². The van der Waals surface area contributed by atoms with E-state index in [9.17, 15) is 4.79 Å². The minimum atomic E-state index is -0.325. The van der Waals surface area contributed by atoms with Crippen LogP contribution in [0.15, 0.2) is 29.0 Å². The molecule has 2 aromatic rings. The summed E-state index contributed by atoms with van der Waals surface area (Å²) in [6, 6.07) is 3.55. The van der Waals surface area contributed by atoms with Crippen LogP contribution >= 0.6 is 0 Å². The highest BCUT2D eigenvalue weighted by Crippen LogP contribution is 2.17. The second-order valence-electron chi connectivity index (χ2n) is 5.51. The number of carbonyl (C=O) groups excluding carboxylic acids is 1. The van der Waals surface area contributed by atoms with E-state index in [0.29, 0.717) is 12.4 Å². The Hall–Kier alpha value is -2.35. The topological polar surface area (TPSA) is 88.2 Å². The first-order valence-corrected chi connectivity index (χ1v) is 7.14. The number of hydrogen-bond acceptors (Lipinski definition) is 5. The van der Waals surface area contributed by atoms with E-state index < -0.39 is 0 Å². The van der Waals surface area contributed by atoms with Crippen molar-refractivity contribution in [2.45, 2.75) is 25.9 Å². The van der Waals surface area contributed by atoms with Gasteiger partial charge in [-0.25, -0.2) is 9.48 Å². The monoisotopic (exact) mass is 306 g/mol. The highest BCUT2D eigenvalue weighted by molar-refractivity contribution is 5.87. The normalized spacial score (nSPS) is 12.6. The van der Waals surface area contributed by atoms with Crippen molar-refractivity contribution in [2.24, 2.45) is 0 Å². The minimum Gasteiger partial charge on any atom is -0.468 e. The van der Waals surface area contributed by atoms with Crippen LogP contribution in [0.1, 0.15) is 31.7 Å². The zero-order chi connectivity index (χ0) is 16.1. The third kappa shape index (κ3) is 4.08. The number of anilines is 1. The summed E-state index contributed by atoms with van der Waals surface area (Å²) in [6.07, 6.45) is 3.32. The molecule has 1 atom stereocenters. The quantitative estimate of drug-likeness (QED) is 0.850. The lowest BCUT2D eigenvalue weighted by Gasteiger charge is -2.22. The summed E-state index contributed by atoms with van der Waals surface area (Å²) in [5, 5.41) is 13.3. The molecule has 0 spiro atoms. The van der Waals surface area contributed by atoms with Gasteiger partial charge in [-0.1, -0.05) is 5.21 Å². The molecular formula is C14H22N6O2. The van der Waals surface area contributed by atoms with Gasteiger partial charge < -0.3 is 9.73 Å². The van der Waals surface area contributed by atoms with Gasteiger partial charge in [0.25, 0.3) is 0 Å². The fourth-order valence-electron chi connectivity index (χ4n) is 1.95. The second kappa shape index (κ2) is 7.08. The van der Waals surface area contributed by atoms with Gasteiger partial charge in [-0.3, -0.25) is 10.2 Å². The summed E-state index contributed by atoms with van der Waals surface area (Å²) < 4.78 is 7.08. The molecule has 2 amide bonds. The molecule has 0 saturated carbocycles. The van der Waals surface area contributed by atoms with E-state index in [4.69, 9.17) is 4.42 Å². The predicted octanol–water partition coefficient (Wildman–Crippen LogP) is 1.88. The Labute approximate surface area is 129 Å². The molecule has 2 aromatic heterocycles. The number of urea groups is 1. The molecule has 0 aliphatic carbocycles. The molecule has 22 heavy (non-hydrogen) atoms. The number of likely N-dealkylation sites (N-methyl/N-ethyl adjacent to an activating group) is 1. The average Bonchev–Trinajstić information content (AvgIpc) is 3.09. The summed E-state index contributed by atoms with van der Waals surface area (Å²) in [5.41, 5.74) is 0. The number of nitrogens with zero attached hydrogens (tertiary/aromatic N) is 4. The van der Waals surface area contributed by atoms with E-state index in [2.05, 4.69) is 20.9 Å². The molecule has 0 fully saturated rings. The van der Waals surface area contributed by atoms with Crippen molar-refractivity contribution in [1.29, 1.82) is 0 Å². The summed E-state index contributed by atoms with van der Waals surface area (Å²) in [4.78, 5) is 13.9. The molecule has 0 unspecified atom stereocenters. The maximum absolute atomic E-state index is 11.9. The smallest absolute Gasteiger partial charge is 0.320 e. The van der Waals surface area contributed by atoms with Crippen LogP contribution in [0.5, 0.6) is 0 Å². The summed E-state index contributed by atoms with van der Waals surface area (Å²) in [6.45, 7) is 4.40. The van der Waals surface area contributed by atoms with Crippen molar-refractivity contribution >= 4 is 11.8 Å². The Morgan fingerprint density at radius 2 is 2.23 bits per heavy atom. The zero-order valence-corrected chi connectivity index (χ0v) is 13.3. The van der Waals surface area contributed by atoms with Crippen molar-refractivity contribution in [3.63, 3.8) is 0 Å². The number of hydrogen-bond donors (Lipinski definition) is 2. The maximum atomic E-state index is 11.9. The molecule has 0 aromatic carbocycles. The van der Waals surface area contributed by atoms with Crippen molar-refractivity contribution in [3.8, 4) is 0 Å². The lowest BCUT2D eigenvalue weighted by molar-refractivity contribution is 0.233. The lowest BCUT2D eigenvalue weighted by Crippen LogP contribution is -2.36. The Bertz CT molecular complexity index is 590. The first-order valence-electron chi connectivity index (χ1n) is 7.14. The Morgan fingerprint density at radius 3 is 2.77 bits per heavy atom. The first-order chi connectivity index (χ1) is 10.5. The number of amides is 2. The maximum Gasteiger partial charge on any atom is 0.320 e. The van der Waals surface area contributed by atoms with Gasteiger partial charge in [-0.05, 0) is 40.1 Å². The fourth-order valence-corrected chi connectivity index (χ4v) is 1.95. The van der Waals surface area contributed by atoms with Crippen LogP contribution in [-0.4, -0.2) is 46.6 Å². The molecule has 0 aliphatic rings. The molecule has 0 saturated heterocycles. The molecule has 0 bridgehead atoms. The van der Waals surface area contributed by atoms with Crippen LogP contribution in [0.2, 0.25) is 0 Å². The van der Waals surface area contributed by atoms with Crippen molar-refractivity contribution in [3.05, 3.63) is 30.4 Å².